The van der Waals surface area contributed by atoms with Crippen molar-refractivity contribution in [2.45, 2.75) is 44.7 Å². The predicted molar refractivity (Wildman–Crippen MR) is 118 cm³/mol. The number of methoxy groups -OCH3 is 1. The molecule has 0 atom stereocenters. The van der Waals surface area contributed by atoms with Gasteiger partial charge in [0.2, 0.25) is 5.91 Å². The Bertz CT molecular complexity index is 1090. The number of amides is 1. The quantitative estimate of drug-likeness (QED) is 0.481. The first kappa shape index (κ1) is 22.8. The zero-order chi connectivity index (χ0) is 23.4. The first-order valence-electron chi connectivity index (χ1n) is 10.9. The predicted octanol–water partition coefficient (Wildman–Crippen LogP) is 5.87. The molecule has 1 aliphatic carbocycles. The van der Waals surface area contributed by atoms with Crippen molar-refractivity contribution in [3.8, 4) is 23.1 Å². The molecule has 0 bridgehead atoms. The molecular formula is C24H25F3N4O2. The molecule has 1 saturated carbocycles. The number of alkyl halides is 3. The molecule has 0 radical (unpaired) electrons. The molecule has 1 aliphatic rings. The lowest BCUT2D eigenvalue weighted by Gasteiger charge is -2.11. The molecule has 6 nitrogen and oxygen atoms in total. The van der Waals surface area contributed by atoms with Gasteiger partial charge in [-0.2, -0.15) is 18.2 Å². The summed E-state index contributed by atoms with van der Waals surface area (Å²) < 4.78 is 45.3. The number of nitrogens with zero attached hydrogens (tertiary/aromatic N) is 3. The largest absolute Gasteiger partial charge is 0.466 e. The number of carbonyl (C=O) groups excluding carboxylic acids is 1. The van der Waals surface area contributed by atoms with Crippen LogP contribution in [0.2, 0.25) is 0 Å². The Hall–Kier alpha value is -3.36. The van der Waals surface area contributed by atoms with Crippen LogP contribution in [-0.4, -0.2) is 27.8 Å². The van der Waals surface area contributed by atoms with Crippen molar-refractivity contribution in [3.05, 3.63) is 54.1 Å². The molecule has 9 heteroatoms. The number of carbonyl (C=O) groups is 1. The highest BCUT2D eigenvalue weighted by Gasteiger charge is 2.30. The maximum Gasteiger partial charge on any atom is 0.416 e. The monoisotopic (exact) mass is 458 g/mol. The number of aromatic nitrogens is 3. The minimum atomic E-state index is -4.42. The van der Waals surface area contributed by atoms with Crippen LogP contribution < -0.4 is 10.1 Å². The van der Waals surface area contributed by atoms with Crippen LogP contribution >= 0.6 is 0 Å². The molecular weight excluding hydrogens is 433 g/mol. The number of hydrogen-bond acceptors (Lipinski definition) is 4. The number of nitrogens with one attached hydrogen (secondary N) is 1. The van der Waals surface area contributed by atoms with Gasteiger partial charge >= 0.3 is 12.2 Å². The lowest BCUT2D eigenvalue weighted by atomic mass is 10.0. The maximum atomic E-state index is 12.9. The Balaban J connectivity index is 1.49. The SMILES string of the molecule is COc1nc(-c2ccc(C(F)(F)F)cc2)n(-c2ccc(NC(=O)CCC3CCCC3)cc2)n1. The molecule has 2 aromatic carbocycles. The van der Waals surface area contributed by atoms with Crippen LogP contribution in [0.15, 0.2) is 48.5 Å². The van der Waals surface area contributed by atoms with E-state index in [-0.39, 0.29) is 11.9 Å². The average Bonchev–Trinajstić information content (AvgIpc) is 3.48. The topological polar surface area (TPSA) is 69.0 Å². The summed E-state index contributed by atoms with van der Waals surface area (Å²) >= 11 is 0. The standard InChI is InChI=1S/C24H25F3N4O2/c1-33-23-29-22(17-7-9-18(10-8-17)24(25,26)27)31(30-23)20-13-11-19(12-14-20)28-21(32)15-6-16-4-2-3-5-16/h7-14,16H,2-6,15H2,1H3,(H,28,32). The summed E-state index contributed by atoms with van der Waals surface area (Å²) in [6.07, 6.45) is 1.95. The highest BCUT2D eigenvalue weighted by atomic mass is 19.4. The summed E-state index contributed by atoms with van der Waals surface area (Å²) in [5, 5.41) is 7.20. The Kier molecular flexibility index (Phi) is 6.67. The second-order valence-corrected chi connectivity index (χ2v) is 8.19. The van der Waals surface area contributed by atoms with Crippen LogP contribution in [0.25, 0.3) is 17.1 Å². The van der Waals surface area contributed by atoms with Gasteiger partial charge in [0.1, 0.15) is 0 Å². The molecule has 3 aromatic rings. The van der Waals surface area contributed by atoms with Gasteiger partial charge < -0.3 is 10.1 Å². The van der Waals surface area contributed by atoms with Crippen LogP contribution in [0.5, 0.6) is 6.01 Å². The zero-order valence-electron chi connectivity index (χ0n) is 18.2. The summed E-state index contributed by atoms with van der Waals surface area (Å²) in [6.45, 7) is 0. The molecule has 0 saturated heterocycles. The molecule has 0 unspecified atom stereocenters. The van der Waals surface area contributed by atoms with Gasteiger partial charge in [0, 0.05) is 17.7 Å². The molecule has 1 aromatic heterocycles. The molecule has 1 N–H and O–H groups in total. The fraction of sp³-hybridized carbons (Fsp3) is 0.375. The summed E-state index contributed by atoms with van der Waals surface area (Å²) in [7, 11) is 1.42. The van der Waals surface area contributed by atoms with Crippen LogP contribution in [0, 0.1) is 5.92 Å². The van der Waals surface area contributed by atoms with E-state index in [1.54, 1.807) is 24.3 Å². The minimum Gasteiger partial charge on any atom is -0.466 e. The molecule has 1 amide bonds. The Morgan fingerprint density at radius 2 is 1.76 bits per heavy atom. The van der Waals surface area contributed by atoms with Crippen molar-refractivity contribution in [1.82, 2.24) is 14.8 Å². The van der Waals surface area contributed by atoms with Gasteiger partial charge in [-0.3, -0.25) is 4.79 Å². The van der Waals surface area contributed by atoms with Gasteiger partial charge in [-0.1, -0.05) is 37.8 Å². The first-order chi connectivity index (χ1) is 15.8. The minimum absolute atomic E-state index is 0.0116. The van der Waals surface area contributed by atoms with E-state index in [2.05, 4.69) is 15.4 Å². The highest BCUT2D eigenvalue weighted by Crippen LogP contribution is 2.32. The second kappa shape index (κ2) is 9.64. The van der Waals surface area contributed by atoms with E-state index in [1.165, 1.54) is 49.6 Å². The van der Waals surface area contributed by atoms with Crippen molar-refractivity contribution in [2.24, 2.45) is 5.92 Å². The summed E-state index contributed by atoms with van der Waals surface area (Å²) in [5.41, 5.74) is 1.02. The number of anilines is 1. The van der Waals surface area contributed by atoms with Crippen molar-refractivity contribution in [3.63, 3.8) is 0 Å². The lowest BCUT2D eigenvalue weighted by Crippen LogP contribution is -2.12. The molecule has 0 spiro atoms. The van der Waals surface area contributed by atoms with Gasteiger partial charge in [0.05, 0.1) is 18.4 Å². The molecule has 1 heterocycles. The molecule has 1 fully saturated rings. The Labute approximate surface area is 189 Å². The van der Waals surface area contributed by atoms with Crippen molar-refractivity contribution in [1.29, 1.82) is 0 Å². The Morgan fingerprint density at radius 3 is 2.36 bits per heavy atom. The average molecular weight is 458 g/mol. The zero-order valence-corrected chi connectivity index (χ0v) is 18.2. The van der Waals surface area contributed by atoms with E-state index >= 15 is 0 Å². The van der Waals surface area contributed by atoms with Crippen LogP contribution in [-0.2, 0) is 11.0 Å². The third-order valence-corrected chi connectivity index (χ3v) is 5.89. The molecule has 33 heavy (non-hydrogen) atoms. The van der Waals surface area contributed by atoms with Gasteiger partial charge in [-0.25, -0.2) is 4.68 Å². The van der Waals surface area contributed by atoms with Crippen molar-refractivity contribution >= 4 is 11.6 Å². The van der Waals surface area contributed by atoms with E-state index < -0.39 is 11.7 Å². The Morgan fingerprint density at radius 1 is 1.09 bits per heavy atom. The van der Waals surface area contributed by atoms with Gasteiger partial charge in [-0.15, -0.1) is 5.10 Å². The summed E-state index contributed by atoms with van der Waals surface area (Å²) in [6, 6.07) is 11.8. The summed E-state index contributed by atoms with van der Waals surface area (Å²) in [5.74, 6) is 0.987. The fourth-order valence-corrected chi connectivity index (χ4v) is 4.10. The molecule has 4 rings (SSSR count). The third-order valence-electron chi connectivity index (χ3n) is 5.89. The number of hydrogen-bond donors (Lipinski definition) is 1. The molecule has 0 aliphatic heterocycles. The third kappa shape index (κ3) is 5.53. The van der Waals surface area contributed by atoms with Crippen molar-refractivity contribution < 1.29 is 22.7 Å². The number of halogens is 3. The van der Waals surface area contributed by atoms with E-state index in [4.69, 9.17) is 4.74 Å². The number of ether oxygens (including phenoxy) is 1. The van der Waals surface area contributed by atoms with E-state index in [0.717, 1.165) is 18.6 Å². The highest BCUT2D eigenvalue weighted by molar-refractivity contribution is 5.90. The van der Waals surface area contributed by atoms with E-state index in [9.17, 15) is 18.0 Å². The first-order valence-corrected chi connectivity index (χ1v) is 10.9. The van der Waals surface area contributed by atoms with Gasteiger partial charge in [-0.05, 0) is 48.7 Å². The second-order valence-electron chi connectivity index (χ2n) is 8.19. The van der Waals surface area contributed by atoms with Crippen molar-refractivity contribution in [2.75, 3.05) is 12.4 Å². The number of rotatable bonds is 7. The maximum absolute atomic E-state index is 12.9. The van der Waals surface area contributed by atoms with Crippen LogP contribution in [0.4, 0.5) is 18.9 Å². The smallest absolute Gasteiger partial charge is 0.416 e. The lowest BCUT2D eigenvalue weighted by molar-refractivity contribution is -0.137. The van der Waals surface area contributed by atoms with E-state index in [0.29, 0.717) is 35.1 Å². The van der Waals surface area contributed by atoms with Crippen LogP contribution in [0.3, 0.4) is 0 Å². The normalized spacial score (nSPS) is 14.4. The number of benzene rings is 2. The van der Waals surface area contributed by atoms with Crippen LogP contribution in [0.1, 0.15) is 44.1 Å². The van der Waals surface area contributed by atoms with Gasteiger partial charge in [0.25, 0.3) is 0 Å². The summed E-state index contributed by atoms with van der Waals surface area (Å²) in [4.78, 5) is 16.5. The molecule has 174 valence electrons. The fourth-order valence-electron chi connectivity index (χ4n) is 4.10. The van der Waals surface area contributed by atoms with E-state index in [1.807, 2.05) is 0 Å². The van der Waals surface area contributed by atoms with Gasteiger partial charge in [0.15, 0.2) is 5.82 Å².